The van der Waals surface area contributed by atoms with E-state index in [0.29, 0.717) is 0 Å². The maximum absolute atomic E-state index is 3.05. The lowest BCUT2D eigenvalue weighted by molar-refractivity contribution is 0.780. The summed E-state index contributed by atoms with van der Waals surface area (Å²) in [7, 11) is -11.5. The summed E-state index contributed by atoms with van der Waals surface area (Å²) in [6.45, 7) is 0. The molecule has 4 heteroatoms. The number of hydrogen-bond donors (Lipinski definition) is 0. The van der Waals surface area contributed by atoms with Crippen molar-refractivity contribution in [1.82, 2.24) is 0 Å². The minimum atomic E-state index is -3.05. The van der Waals surface area contributed by atoms with Crippen LogP contribution in [0.2, 0.25) is 10.3 Å². The van der Waals surface area contributed by atoms with Gasteiger partial charge in [0.25, 0.3) is 0 Å². The van der Waals surface area contributed by atoms with Gasteiger partial charge in [-0.15, -0.1) is 0 Å². The van der Waals surface area contributed by atoms with Gasteiger partial charge in [0.05, 0.1) is 0 Å². The first kappa shape index (κ1) is 35.1. The van der Waals surface area contributed by atoms with Crippen LogP contribution in [0.1, 0.15) is 12.8 Å². The second-order valence-corrected chi connectivity index (χ2v) is 40.6. The standard InChI is InChI=1S/C52H46Si4/c1-9-26-44(27-10-1)53(45-28-11-2-12-29-45)43-25-42-52(54(53,46-30-13-3-14-31-46)47-32-15-4-16-33-47)55(48-34-17-5-18-35-48,49-36-19-6-20-37-49)56(52,50-38-21-7-22-39-50)51-40-23-8-24-41-51/h1-24,26-41H,25,42-43H2. The molecule has 56 heavy (non-hydrogen) atoms. The summed E-state index contributed by atoms with van der Waals surface area (Å²) in [6, 6.07) is 98.0. The second kappa shape index (κ2) is 14.0. The van der Waals surface area contributed by atoms with Gasteiger partial charge >= 0.3 is 0 Å². The van der Waals surface area contributed by atoms with E-state index >= 15 is 0 Å². The molecule has 2 aliphatic heterocycles. The fourth-order valence-electron chi connectivity index (χ4n) is 12.7. The van der Waals surface area contributed by atoms with E-state index < -0.39 is 30.4 Å². The lowest BCUT2D eigenvalue weighted by Crippen LogP contribution is -2.90. The van der Waals surface area contributed by atoms with E-state index in [9.17, 15) is 0 Å². The molecule has 0 radical (unpaired) electrons. The fourth-order valence-corrected chi connectivity index (χ4v) is 82.7. The monoisotopic (exact) mass is 782 g/mol. The Hall–Kier alpha value is -5.37. The molecule has 8 aromatic rings. The first-order chi connectivity index (χ1) is 27.8. The van der Waals surface area contributed by atoms with E-state index in [1.54, 1.807) is 41.5 Å². The van der Waals surface area contributed by atoms with Crippen LogP contribution in [-0.4, -0.2) is 30.4 Å². The lowest BCUT2D eigenvalue weighted by Gasteiger charge is -2.60. The Labute approximate surface area is 335 Å². The Morgan fingerprint density at radius 3 is 0.714 bits per heavy atom. The van der Waals surface area contributed by atoms with Crippen molar-refractivity contribution in [3.63, 3.8) is 0 Å². The predicted octanol–water partition coefficient (Wildman–Crippen LogP) is 6.82. The van der Waals surface area contributed by atoms with Crippen molar-refractivity contribution in [2.24, 2.45) is 0 Å². The Bertz CT molecular complexity index is 2290. The molecule has 0 atom stereocenters. The predicted molar refractivity (Wildman–Crippen MR) is 248 cm³/mol. The van der Waals surface area contributed by atoms with Crippen molar-refractivity contribution in [3.05, 3.63) is 243 Å². The zero-order valence-corrected chi connectivity index (χ0v) is 35.7. The molecule has 2 saturated heterocycles. The molecular formula is C52H46Si4. The van der Waals surface area contributed by atoms with Crippen LogP contribution in [0.5, 0.6) is 0 Å². The summed E-state index contributed by atoms with van der Waals surface area (Å²) in [4.78, 5) is 0. The normalized spacial score (nSPS) is 18.1. The summed E-state index contributed by atoms with van der Waals surface area (Å²) >= 11 is 0. The van der Waals surface area contributed by atoms with Crippen LogP contribution < -0.4 is 41.5 Å². The van der Waals surface area contributed by atoms with Crippen molar-refractivity contribution in [2.75, 3.05) is 0 Å². The van der Waals surface area contributed by atoms with E-state index in [1.807, 2.05) is 0 Å². The van der Waals surface area contributed by atoms with Gasteiger partial charge in [-0.2, -0.15) is 0 Å². The molecule has 1 spiro atoms. The van der Waals surface area contributed by atoms with Crippen molar-refractivity contribution in [3.8, 4) is 0 Å². The Morgan fingerprint density at radius 2 is 0.464 bits per heavy atom. The molecule has 0 N–H and O–H groups in total. The van der Waals surface area contributed by atoms with Crippen LogP contribution in [-0.2, 0) is 0 Å². The molecule has 0 saturated carbocycles. The molecule has 2 heterocycles. The molecule has 0 bridgehead atoms. The van der Waals surface area contributed by atoms with E-state index in [-0.39, 0.29) is 4.28 Å². The highest BCUT2D eigenvalue weighted by Crippen LogP contribution is 2.75. The van der Waals surface area contributed by atoms with Gasteiger partial charge in [0.2, 0.25) is 0 Å². The number of benzene rings is 8. The van der Waals surface area contributed by atoms with Gasteiger partial charge in [-0.05, 0) is 4.28 Å². The molecular weight excluding hydrogens is 737 g/mol. The van der Waals surface area contributed by atoms with Crippen LogP contribution >= 0.6 is 0 Å². The van der Waals surface area contributed by atoms with Gasteiger partial charge in [0, 0.05) is 0 Å². The van der Waals surface area contributed by atoms with Crippen molar-refractivity contribution in [2.45, 2.75) is 23.2 Å². The first-order valence-corrected chi connectivity index (χ1v) is 30.4. The smallest absolute Gasteiger partial charge is 0.0628 e. The van der Waals surface area contributed by atoms with Gasteiger partial charge in [-0.1, -0.05) is 303 Å². The number of hydrogen-bond acceptors (Lipinski definition) is 0. The molecule has 2 aliphatic rings. The molecule has 0 aliphatic carbocycles. The highest BCUT2D eigenvalue weighted by atomic mass is 29.4. The lowest BCUT2D eigenvalue weighted by atomic mass is 10.3. The van der Waals surface area contributed by atoms with E-state index in [4.69, 9.17) is 0 Å². The Balaban J connectivity index is 1.54. The third-order valence-electron chi connectivity index (χ3n) is 13.9. The molecule has 8 aromatic carbocycles. The highest BCUT2D eigenvalue weighted by molar-refractivity contribution is 7.87. The summed E-state index contributed by atoms with van der Waals surface area (Å²) < 4.78 is 0.0112. The van der Waals surface area contributed by atoms with Crippen molar-refractivity contribution >= 4 is 71.9 Å². The summed E-state index contributed by atoms with van der Waals surface area (Å²) in [5.41, 5.74) is 0. The van der Waals surface area contributed by atoms with Gasteiger partial charge in [-0.25, -0.2) is 0 Å². The maximum Gasteiger partial charge on any atom is 0.123 e. The summed E-state index contributed by atoms with van der Waals surface area (Å²) in [6.07, 6.45) is 2.44. The van der Waals surface area contributed by atoms with Gasteiger partial charge in [0.1, 0.15) is 30.4 Å². The third kappa shape index (κ3) is 4.44. The summed E-state index contributed by atoms with van der Waals surface area (Å²) in [5.74, 6) is 0. The van der Waals surface area contributed by atoms with Crippen molar-refractivity contribution in [1.29, 1.82) is 0 Å². The van der Waals surface area contributed by atoms with E-state index in [1.165, 1.54) is 18.9 Å². The molecule has 10 rings (SSSR count). The highest BCUT2D eigenvalue weighted by Gasteiger charge is 2.98. The van der Waals surface area contributed by atoms with Crippen LogP contribution in [0.15, 0.2) is 243 Å². The minimum absolute atomic E-state index is 0.0112. The third-order valence-corrected chi connectivity index (χ3v) is 59.1. The minimum Gasteiger partial charge on any atom is -0.0628 e. The topological polar surface area (TPSA) is 0 Å². The van der Waals surface area contributed by atoms with Gasteiger partial charge in [0.15, 0.2) is 0 Å². The zero-order chi connectivity index (χ0) is 37.5. The molecule has 270 valence electrons. The summed E-state index contributed by atoms with van der Waals surface area (Å²) in [5, 5.41) is 12.9. The van der Waals surface area contributed by atoms with Gasteiger partial charge in [-0.3, -0.25) is 0 Å². The largest absolute Gasteiger partial charge is 0.123 e. The van der Waals surface area contributed by atoms with E-state index in [2.05, 4.69) is 243 Å². The first-order valence-electron chi connectivity index (χ1n) is 20.2. The Kier molecular flexibility index (Phi) is 8.75. The molecule has 2 fully saturated rings. The van der Waals surface area contributed by atoms with Crippen LogP contribution in [0, 0.1) is 0 Å². The number of rotatable bonds is 8. The fraction of sp³-hybridized carbons (Fsp3) is 0.0769. The zero-order valence-electron chi connectivity index (χ0n) is 31.7. The Morgan fingerprint density at radius 1 is 0.250 bits per heavy atom. The average molecular weight is 783 g/mol. The molecule has 0 aromatic heterocycles. The van der Waals surface area contributed by atoms with Crippen LogP contribution in [0.4, 0.5) is 0 Å². The maximum atomic E-state index is 2.60. The average Bonchev–Trinajstić information content (AvgIpc) is 3.86. The van der Waals surface area contributed by atoms with Crippen LogP contribution in [0.25, 0.3) is 0 Å². The molecule has 0 unspecified atom stereocenters. The quantitative estimate of drug-likeness (QED) is 0.149. The van der Waals surface area contributed by atoms with Gasteiger partial charge < -0.3 is 0 Å². The second-order valence-electron chi connectivity index (χ2n) is 15.8. The molecule has 0 nitrogen and oxygen atoms in total. The van der Waals surface area contributed by atoms with Crippen LogP contribution in [0.3, 0.4) is 0 Å². The van der Waals surface area contributed by atoms with Crippen molar-refractivity contribution < 1.29 is 0 Å². The molecule has 0 amide bonds. The SMILES string of the molecule is c1ccc([Si]2(c3ccccc3)CCCC3([Si]2(c2ccccc2)c2ccccc2)[Si](c2ccccc2)(c2ccccc2)[Si]3(c2ccccc2)c2ccccc2)cc1. The van der Waals surface area contributed by atoms with E-state index in [0.717, 1.165) is 0 Å².